The lowest BCUT2D eigenvalue weighted by atomic mass is 10.1. The van der Waals surface area contributed by atoms with Gasteiger partial charge in [0.1, 0.15) is 29.5 Å². The van der Waals surface area contributed by atoms with Crippen molar-refractivity contribution < 1.29 is 20.1 Å². The third-order valence-corrected chi connectivity index (χ3v) is 4.38. The van der Waals surface area contributed by atoms with Crippen LogP contribution >= 0.6 is 0 Å². The molecule has 0 spiro atoms. The molecule has 2 aromatic rings. The average Bonchev–Trinajstić information content (AvgIpc) is 3.13. The summed E-state index contributed by atoms with van der Waals surface area (Å²) < 4.78 is 9.07. The number of aryl methyl sites for hydroxylation is 1. The van der Waals surface area contributed by atoms with Crippen LogP contribution in [0.5, 0.6) is 0 Å². The minimum atomic E-state index is -1.19. The molecule has 0 unspecified atom stereocenters. The number of fused-ring (bicyclic) bond motifs is 1. The molecule has 4 atom stereocenters. The largest absolute Gasteiger partial charge is 0.394 e. The van der Waals surface area contributed by atoms with Gasteiger partial charge in [-0.1, -0.05) is 19.8 Å². The standard InChI is InChI=1S/C15H23N5O4/c1-2-3-4-5-19-7-18-13(16)10-14(19)20(8-17-10)15-12(23)11(22)9(6-21)24-15/h7-9,11-12,15-16,21-23H,2-6H2,1H3/t9-,11-,12-,15-/m1/s1. The van der Waals surface area contributed by atoms with E-state index in [1.165, 1.54) is 6.33 Å². The van der Waals surface area contributed by atoms with Crippen LogP contribution in [0.25, 0.3) is 11.2 Å². The summed E-state index contributed by atoms with van der Waals surface area (Å²) in [6.07, 6.45) is 2.07. The molecular weight excluding hydrogens is 314 g/mol. The van der Waals surface area contributed by atoms with E-state index in [0.29, 0.717) is 17.7 Å². The molecule has 4 N–H and O–H groups in total. The molecule has 0 amide bonds. The van der Waals surface area contributed by atoms with Gasteiger partial charge in [0.05, 0.1) is 19.3 Å². The zero-order valence-electron chi connectivity index (χ0n) is 13.5. The molecule has 2 aromatic heterocycles. The Kier molecular flexibility index (Phi) is 4.95. The van der Waals surface area contributed by atoms with Crippen molar-refractivity contribution in [2.75, 3.05) is 6.61 Å². The van der Waals surface area contributed by atoms with E-state index >= 15 is 0 Å². The van der Waals surface area contributed by atoms with Gasteiger partial charge < -0.3 is 24.6 Å². The Morgan fingerprint density at radius 2 is 2.00 bits per heavy atom. The summed E-state index contributed by atoms with van der Waals surface area (Å²) in [4.78, 5) is 8.27. The summed E-state index contributed by atoms with van der Waals surface area (Å²) in [5, 5.41) is 37.4. The second kappa shape index (κ2) is 6.98. The molecule has 3 rings (SSSR count). The van der Waals surface area contributed by atoms with Crippen molar-refractivity contribution >= 4 is 11.2 Å². The van der Waals surface area contributed by atoms with E-state index in [1.807, 2.05) is 4.57 Å². The SMILES string of the molecule is CCCCCn1cnc(=N)c2ncn([C@@H]3O[C@H](CO)[C@@H](O)[C@H]3O)c21. The predicted octanol–water partition coefficient (Wildman–Crippen LogP) is -0.486. The van der Waals surface area contributed by atoms with Crippen LogP contribution in [0.2, 0.25) is 0 Å². The highest BCUT2D eigenvalue weighted by Crippen LogP contribution is 2.31. The summed E-state index contributed by atoms with van der Waals surface area (Å²) in [5.74, 6) is 0. The third-order valence-electron chi connectivity index (χ3n) is 4.38. The molecular formula is C15H23N5O4. The second-order valence-electron chi connectivity index (χ2n) is 6.05. The van der Waals surface area contributed by atoms with Gasteiger partial charge in [-0.05, 0) is 6.42 Å². The Morgan fingerprint density at radius 3 is 2.67 bits per heavy atom. The van der Waals surface area contributed by atoms with E-state index < -0.39 is 24.5 Å². The summed E-state index contributed by atoms with van der Waals surface area (Å²) in [6.45, 7) is 2.44. The summed E-state index contributed by atoms with van der Waals surface area (Å²) >= 11 is 0. The Balaban J connectivity index is 2.02. The molecule has 24 heavy (non-hydrogen) atoms. The number of aromatic nitrogens is 4. The minimum Gasteiger partial charge on any atom is -0.394 e. The van der Waals surface area contributed by atoms with Crippen molar-refractivity contribution in [2.45, 2.75) is 57.3 Å². The van der Waals surface area contributed by atoms with Crippen LogP contribution in [-0.4, -0.2) is 59.3 Å². The number of imidazole rings is 1. The van der Waals surface area contributed by atoms with Gasteiger partial charge in [0.15, 0.2) is 11.7 Å². The predicted molar refractivity (Wildman–Crippen MR) is 83.9 cm³/mol. The number of nitrogens with one attached hydrogen (secondary N) is 1. The Morgan fingerprint density at radius 1 is 1.21 bits per heavy atom. The Hall–Kier alpha value is -1.81. The van der Waals surface area contributed by atoms with Crippen LogP contribution in [-0.2, 0) is 11.3 Å². The van der Waals surface area contributed by atoms with Gasteiger partial charge in [0.2, 0.25) is 0 Å². The zero-order valence-corrected chi connectivity index (χ0v) is 13.5. The lowest BCUT2D eigenvalue weighted by Gasteiger charge is -2.19. The monoisotopic (exact) mass is 337 g/mol. The molecule has 132 valence electrons. The minimum absolute atomic E-state index is 0.0437. The fraction of sp³-hybridized carbons (Fsp3) is 0.667. The Labute approximate surface area is 138 Å². The van der Waals surface area contributed by atoms with E-state index in [9.17, 15) is 15.3 Å². The highest BCUT2D eigenvalue weighted by molar-refractivity contribution is 5.69. The highest BCUT2D eigenvalue weighted by atomic mass is 16.6. The van der Waals surface area contributed by atoms with Crippen LogP contribution in [0.1, 0.15) is 32.4 Å². The number of rotatable bonds is 6. The number of hydrogen-bond donors (Lipinski definition) is 4. The molecule has 3 heterocycles. The van der Waals surface area contributed by atoms with Gasteiger partial charge in [-0.3, -0.25) is 9.98 Å². The van der Waals surface area contributed by atoms with Crippen molar-refractivity contribution in [3.63, 3.8) is 0 Å². The number of aliphatic hydroxyl groups excluding tert-OH is 3. The first-order valence-electron chi connectivity index (χ1n) is 8.17. The van der Waals surface area contributed by atoms with Gasteiger partial charge in [-0.2, -0.15) is 0 Å². The topological polar surface area (TPSA) is 129 Å². The van der Waals surface area contributed by atoms with Crippen LogP contribution in [0.15, 0.2) is 12.7 Å². The maximum atomic E-state index is 10.3. The van der Waals surface area contributed by atoms with E-state index in [2.05, 4.69) is 16.9 Å². The molecule has 9 nitrogen and oxygen atoms in total. The maximum Gasteiger partial charge on any atom is 0.176 e. The number of hydrogen-bond acceptors (Lipinski definition) is 7. The normalized spacial score (nSPS) is 27.2. The second-order valence-corrected chi connectivity index (χ2v) is 6.05. The van der Waals surface area contributed by atoms with Crippen molar-refractivity contribution in [1.82, 2.24) is 19.1 Å². The third kappa shape index (κ3) is 2.84. The lowest BCUT2D eigenvalue weighted by molar-refractivity contribution is -0.0513. The number of unbranched alkanes of at least 4 members (excludes halogenated alkanes) is 2. The lowest BCUT2D eigenvalue weighted by Crippen LogP contribution is -2.33. The van der Waals surface area contributed by atoms with Gasteiger partial charge in [-0.15, -0.1) is 0 Å². The molecule has 1 saturated heterocycles. The number of nitrogens with zero attached hydrogens (tertiary/aromatic N) is 4. The molecule has 1 aliphatic rings. The van der Waals surface area contributed by atoms with E-state index in [0.717, 1.165) is 19.3 Å². The number of aliphatic hydroxyl groups is 3. The number of ether oxygens (including phenoxy) is 1. The molecule has 0 aliphatic carbocycles. The smallest absolute Gasteiger partial charge is 0.176 e. The van der Waals surface area contributed by atoms with Crippen molar-refractivity contribution in [3.8, 4) is 0 Å². The average molecular weight is 337 g/mol. The first-order chi connectivity index (χ1) is 11.6. The van der Waals surface area contributed by atoms with E-state index in [-0.39, 0.29) is 12.1 Å². The summed E-state index contributed by atoms with van der Waals surface area (Å²) in [6, 6.07) is 0. The van der Waals surface area contributed by atoms with Gasteiger partial charge in [-0.25, -0.2) is 9.97 Å². The quantitative estimate of drug-likeness (QED) is 0.527. The fourth-order valence-electron chi connectivity index (χ4n) is 3.04. The van der Waals surface area contributed by atoms with Gasteiger partial charge in [0, 0.05) is 6.54 Å². The van der Waals surface area contributed by atoms with Crippen LogP contribution in [0.3, 0.4) is 0 Å². The van der Waals surface area contributed by atoms with Crippen molar-refractivity contribution in [2.24, 2.45) is 0 Å². The molecule has 0 saturated carbocycles. The van der Waals surface area contributed by atoms with Crippen LogP contribution in [0.4, 0.5) is 0 Å². The molecule has 0 radical (unpaired) electrons. The van der Waals surface area contributed by atoms with Gasteiger partial charge in [0.25, 0.3) is 0 Å². The first kappa shape index (κ1) is 17.0. The first-order valence-corrected chi connectivity index (χ1v) is 8.17. The summed E-state index contributed by atoms with van der Waals surface area (Å²) in [7, 11) is 0. The summed E-state index contributed by atoms with van der Waals surface area (Å²) in [5.41, 5.74) is 1.06. The van der Waals surface area contributed by atoms with Gasteiger partial charge >= 0.3 is 0 Å². The molecule has 1 aliphatic heterocycles. The molecule has 1 fully saturated rings. The fourth-order valence-corrected chi connectivity index (χ4v) is 3.04. The Bertz CT molecular complexity index is 758. The van der Waals surface area contributed by atoms with E-state index in [4.69, 9.17) is 10.1 Å². The molecule has 9 heteroatoms. The van der Waals surface area contributed by atoms with Crippen molar-refractivity contribution in [3.05, 3.63) is 18.1 Å². The zero-order chi connectivity index (χ0) is 17.3. The van der Waals surface area contributed by atoms with Crippen molar-refractivity contribution in [1.29, 1.82) is 5.41 Å². The molecule has 0 bridgehead atoms. The molecule has 0 aromatic carbocycles. The highest BCUT2D eigenvalue weighted by Gasteiger charge is 2.44. The van der Waals surface area contributed by atoms with Crippen LogP contribution in [0, 0.1) is 5.41 Å². The van der Waals surface area contributed by atoms with Crippen LogP contribution < -0.4 is 5.49 Å². The maximum absolute atomic E-state index is 10.3. The van der Waals surface area contributed by atoms with E-state index in [1.54, 1.807) is 10.9 Å².